The van der Waals surface area contributed by atoms with Crippen molar-refractivity contribution in [3.63, 3.8) is 0 Å². The Morgan fingerprint density at radius 2 is 1.92 bits per heavy atom. The molecule has 0 atom stereocenters. The fraction of sp³-hybridized carbons (Fsp3) is 0.375. The van der Waals surface area contributed by atoms with Crippen LogP contribution in [0.3, 0.4) is 0 Å². The lowest BCUT2D eigenvalue weighted by molar-refractivity contribution is 0.0689. The zero-order chi connectivity index (χ0) is 17.9. The summed E-state index contributed by atoms with van der Waals surface area (Å²) in [5.41, 5.74) is -1.42. The molecule has 0 bridgehead atoms. The third-order valence-electron chi connectivity index (χ3n) is 4.73. The number of aromatic carboxylic acids is 1. The molecule has 1 saturated heterocycles. The van der Waals surface area contributed by atoms with Crippen molar-refractivity contribution in [1.29, 1.82) is 0 Å². The highest BCUT2D eigenvalue weighted by Gasteiger charge is 2.32. The van der Waals surface area contributed by atoms with Gasteiger partial charge in [-0.1, -0.05) is 11.8 Å². The summed E-state index contributed by atoms with van der Waals surface area (Å²) in [6.45, 7) is 2.33. The maximum atomic E-state index is 15.2. The van der Waals surface area contributed by atoms with Crippen LogP contribution in [0.1, 0.15) is 10.4 Å². The number of anilines is 1. The standard InChI is InChI=1S/C16H15F2N3O3S/c1-19-2-4-20(5-3-19)13-9(17)6-8-12(11(13)18)21-7-25-15(21)10(14(8)22)16(23)24/h6H,2-5,7H2,1H3,(H,23,24). The average Bonchev–Trinajstić information content (AvgIpc) is 2.53. The molecule has 0 saturated carbocycles. The molecular formula is C16H15F2N3O3S. The summed E-state index contributed by atoms with van der Waals surface area (Å²) < 4.78 is 31.3. The Kier molecular flexibility index (Phi) is 3.73. The van der Waals surface area contributed by atoms with E-state index in [4.69, 9.17) is 0 Å². The maximum Gasteiger partial charge on any atom is 0.342 e. The van der Waals surface area contributed by atoms with E-state index >= 15 is 4.39 Å². The maximum absolute atomic E-state index is 15.2. The van der Waals surface area contributed by atoms with Gasteiger partial charge < -0.3 is 19.5 Å². The Morgan fingerprint density at radius 1 is 1.24 bits per heavy atom. The molecule has 4 rings (SSSR count). The van der Waals surface area contributed by atoms with Gasteiger partial charge in [0, 0.05) is 26.2 Å². The molecule has 0 aliphatic carbocycles. The number of carbonyl (C=O) groups is 1. The van der Waals surface area contributed by atoms with Crippen molar-refractivity contribution >= 4 is 34.3 Å². The molecule has 1 aromatic carbocycles. The summed E-state index contributed by atoms with van der Waals surface area (Å²) in [4.78, 5) is 27.5. The molecule has 2 aliphatic rings. The zero-order valence-corrected chi connectivity index (χ0v) is 14.2. The normalized spacial score (nSPS) is 17.5. The number of hydrogen-bond donors (Lipinski definition) is 1. The lowest BCUT2D eigenvalue weighted by Gasteiger charge is -2.35. The fourth-order valence-corrected chi connectivity index (χ4v) is 4.27. The van der Waals surface area contributed by atoms with Crippen molar-refractivity contribution in [2.24, 2.45) is 0 Å². The van der Waals surface area contributed by atoms with E-state index in [1.165, 1.54) is 16.3 Å². The second kappa shape index (κ2) is 5.70. The van der Waals surface area contributed by atoms with E-state index in [1.807, 2.05) is 7.05 Å². The number of hydrogen-bond acceptors (Lipinski definition) is 5. The van der Waals surface area contributed by atoms with Crippen molar-refractivity contribution in [3.05, 3.63) is 33.5 Å². The zero-order valence-electron chi connectivity index (χ0n) is 13.4. The average molecular weight is 367 g/mol. The van der Waals surface area contributed by atoms with E-state index in [-0.39, 0.29) is 21.6 Å². The first-order chi connectivity index (χ1) is 11.9. The summed E-state index contributed by atoms with van der Waals surface area (Å²) >= 11 is 1.17. The van der Waals surface area contributed by atoms with E-state index in [1.54, 1.807) is 4.90 Å². The van der Waals surface area contributed by atoms with Crippen molar-refractivity contribution in [3.8, 4) is 0 Å². The van der Waals surface area contributed by atoms with E-state index in [9.17, 15) is 19.1 Å². The topological polar surface area (TPSA) is 65.8 Å². The van der Waals surface area contributed by atoms with Crippen LogP contribution in [0.4, 0.5) is 14.5 Å². The molecule has 2 aliphatic heterocycles. The van der Waals surface area contributed by atoms with E-state index in [0.29, 0.717) is 32.1 Å². The number of thioether (sulfide) groups is 1. The Morgan fingerprint density at radius 3 is 2.48 bits per heavy atom. The van der Waals surface area contributed by atoms with Crippen LogP contribution < -0.4 is 10.3 Å². The quantitative estimate of drug-likeness (QED) is 0.873. The molecular weight excluding hydrogens is 352 g/mol. The van der Waals surface area contributed by atoms with Gasteiger partial charge in [-0.05, 0) is 13.1 Å². The molecule has 2 aromatic rings. The molecule has 132 valence electrons. The third-order valence-corrected chi connectivity index (χ3v) is 5.82. The van der Waals surface area contributed by atoms with Crippen LogP contribution in [0.15, 0.2) is 15.9 Å². The minimum Gasteiger partial charge on any atom is -0.477 e. The van der Waals surface area contributed by atoms with Gasteiger partial charge in [0.1, 0.15) is 17.1 Å². The number of carboxylic acid groups (broad SMARTS) is 1. The first-order valence-corrected chi connectivity index (χ1v) is 8.76. The van der Waals surface area contributed by atoms with Crippen LogP contribution in [0, 0.1) is 11.6 Å². The van der Waals surface area contributed by atoms with Gasteiger partial charge in [-0.2, -0.15) is 0 Å². The first-order valence-electron chi connectivity index (χ1n) is 7.78. The van der Waals surface area contributed by atoms with E-state index in [2.05, 4.69) is 4.90 Å². The lowest BCUT2D eigenvalue weighted by atomic mass is 10.1. The minimum absolute atomic E-state index is 0.0147. The predicted octanol–water partition coefficient (Wildman–Crippen LogP) is 1.79. The van der Waals surface area contributed by atoms with Crippen LogP contribution in [0.5, 0.6) is 0 Å². The van der Waals surface area contributed by atoms with Crippen LogP contribution >= 0.6 is 11.8 Å². The number of benzene rings is 1. The minimum atomic E-state index is -1.38. The lowest BCUT2D eigenvalue weighted by Crippen LogP contribution is -2.45. The molecule has 6 nitrogen and oxygen atoms in total. The van der Waals surface area contributed by atoms with Gasteiger partial charge in [0.2, 0.25) is 5.43 Å². The molecule has 0 radical (unpaired) electrons. The van der Waals surface area contributed by atoms with Crippen molar-refractivity contribution in [2.45, 2.75) is 10.9 Å². The van der Waals surface area contributed by atoms with Crippen LogP contribution in [0.2, 0.25) is 0 Å². The van der Waals surface area contributed by atoms with Crippen molar-refractivity contribution in [1.82, 2.24) is 9.47 Å². The van der Waals surface area contributed by atoms with Crippen LogP contribution in [0.25, 0.3) is 10.9 Å². The Balaban J connectivity index is 1.98. The highest BCUT2D eigenvalue weighted by molar-refractivity contribution is 7.99. The third kappa shape index (κ3) is 2.33. The summed E-state index contributed by atoms with van der Waals surface area (Å²) in [5.74, 6) is -2.69. The first kappa shape index (κ1) is 16.3. The monoisotopic (exact) mass is 367 g/mol. The smallest absolute Gasteiger partial charge is 0.342 e. The molecule has 3 heterocycles. The second-order valence-electron chi connectivity index (χ2n) is 6.22. The van der Waals surface area contributed by atoms with E-state index in [0.717, 1.165) is 6.07 Å². The van der Waals surface area contributed by atoms with Gasteiger partial charge in [0.05, 0.1) is 21.8 Å². The van der Waals surface area contributed by atoms with Gasteiger partial charge in [0.15, 0.2) is 5.82 Å². The molecule has 0 amide bonds. The molecule has 9 heteroatoms. The number of nitrogens with zero attached hydrogens (tertiary/aromatic N) is 3. The SMILES string of the molecule is CN1CCN(c2c(F)cc3c(=O)c(C(=O)O)c4n(c3c2F)CS4)CC1. The molecule has 1 N–H and O–H groups in total. The number of fused-ring (bicyclic) bond motifs is 3. The number of pyridine rings is 1. The highest BCUT2D eigenvalue weighted by atomic mass is 32.2. The van der Waals surface area contributed by atoms with Gasteiger partial charge in [-0.3, -0.25) is 4.79 Å². The van der Waals surface area contributed by atoms with Gasteiger partial charge in [-0.25, -0.2) is 13.6 Å². The predicted molar refractivity (Wildman–Crippen MR) is 90.7 cm³/mol. The van der Waals surface area contributed by atoms with Crippen molar-refractivity contribution < 1.29 is 18.7 Å². The molecule has 0 unspecified atom stereocenters. The molecule has 0 spiro atoms. The van der Waals surface area contributed by atoms with Crippen LogP contribution in [-0.2, 0) is 5.88 Å². The Labute approximate surface area is 145 Å². The second-order valence-corrected chi connectivity index (χ2v) is 7.16. The number of aromatic nitrogens is 1. The number of likely N-dealkylation sites (N-methyl/N-ethyl adjacent to an activating group) is 1. The van der Waals surface area contributed by atoms with Gasteiger partial charge >= 0.3 is 5.97 Å². The Bertz CT molecular complexity index is 968. The summed E-state index contributed by atoms with van der Waals surface area (Å²) in [5, 5.41) is 9.25. The van der Waals surface area contributed by atoms with Gasteiger partial charge in [0.25, 0.3) is 0 Å². The van der Waals surface area contributed by atoms with Crippen molar-refractivity contribution in [2.75, 3.05) is 38.1 Å². The van der Waals surface area contributed by atoms with Crippen LogP contribution in [-0.4, -0.2) is 53.8 Å². The van der Waals surface area contributed by atoms with Gasteiger partial charge in [-0.15, -0.1) is 0 Å². The summed E-state index contributed by atoms with van der Waals surface area (Å²) in [7, 11) is 1.94. The van der Waals surface area contributed by atoms with E-state index < -0.39 is 28.6 Å². The number of carboxylic acids is 1. The number of rotatable bonds is 2. The number of piperazine rings is 1. The number of halogens is 2. The highest BCUT2D eigenvalue weighted by Crippen LogP contribution is 2.39. The summed E-state index contributed by atoms with van der Waals surface area (Å²) in [6, 6.07) is 0.969. The fourth-order valence-electron chi connectivity index (χ4n) is 3.34. The molecule has 1 aromatic heterocycles. The Hall–Kier alpha value is -2.13. The molecule has 25 heavy (non-hydrogen) atoms. The largest absolute Gasteiger partial charge is 0.477 e. The summed E-state index contributed by atoms with van der Waals surface area (Å²) in [6.07, 6.45) is 0. The molecule has 1 fully saturated rings.